The molecule has 4 nitrogen and oxygen atoms in total. The van der Waals surface area contributed by atoms with Crippen LogP contribution in [0, 0.1) is 0 Å². The van der Waals surface area contributed by atoms with Crippen LogP contribution in [-0.2, 0) is 7.05 Å². The number of aromatic nitrogens is 3. The highest BCUT2D eigenvalue weighted by Gasteiger charge is 2.20. The number of alkyl halides is 1. The number of aryl methyl sites for hydroxylation is 1. The fourth-order valence-electron chi connectivity index (χ4n) is 2.34. The van der Waals surface area contributed by atoms with Crippen LogP contribution in [-0.4, -0.2) is 32.5 Å². The van der Waals surface area contributed by atoms with E-state index in [4.69, 9.17) is 0 Å². The van der Waals surface area contributed by atoms with E-state index < -0.39 is 0 Å². The molecular formula is C12H15BrN4. The van der Waals surface area contributed by atoms with Gasteiger partial charge in [-0.2, -0.15) is 0 Å². The predicted octanol–water partition coefficient (Wildman–Crippen LogP) is 2.33. The van der Waals surface area contributed by atoms with Crippen molar-refractivity contribution in [3.63, 3.8) is 0 Å². The van der Waals surface area contributed by atoms with E-state index in [1.807, 2.05) is 30.2 Å². The molecule has 5 heteroatoms. The van der Waals surface area contributed by atoms with Crippen LogP contribution >= 0.6 is 15.9 Å². The first-order valence-electron chi connectivity index (χ1n) is 5.91. The van der Waals surface area contributed by atoms with E-state index in [1.165, 1.54) is 12.8 Å². The third-order valence-electron chi connectivity index (χ3n) is 3.35. The number of hydrogen-bond acceptors (Lipinski definition) is 3. The Balaban J connectivity index is 2.00. The Labute approximate surface area is 109 Å². The zero-order valence-corrected chi connectivity index (χ0v) is 11.4. The molecule has 3 heterocycles. The zero-order valence-electron chi connectivity index (χ0n) is 9.80. The highest BCUT2D eigenvalue weighted by atomic mass is 79.9. The Kier molecular flexibility index (Phi) is 2.78. The number of piperidine rings is 1. The second-order valence-corrected chi connectivity index (χ2v) is 5.81. The molecule has 2 aromatic heterocycles. The molecule has 1 aliphatic heterocycles. The summed E-state index contributed by atoms with van der Waals surface area (Å²) in [5.74, 6) is 1.03. The van der Waals surface area contributed by atoms with Crippen LogP contribution in [0.3, 0.4) is 0 Å². The average molecular weight is 295 g/mol. The maximum absolute atomic E-state index is 4.50. The summed E-state index contributed by atoms with van der Waals surface area (Å²) in [5.41, 5.74) is 2.17. The van der Waals surface area contributed by atoms with Gasteiger partial charge in [-0.15, -0.1) is 0 Å². The van der Waals surface area contributed by atoms with Gasteiger partial charge in [0.1, 0.15) is 5.52 Å². The van der Waals surface area contributed by atoms with E-state index in [0.717, 1.165) is 29.9 Å². The van der Waals surface area contributed by atoms with E-state index in [-0.39, 0.29) is 0 Å². The van der Waals surface area contributed by atoms with Crippen LogP contribution < -0.4 is 4.90 Å². The van der Waals surface area contributed by atoms with E-state index in [0.29, 0.717) is 4.83 Å². The van der Waals surface area contributed by atoms with Crippen LogP contribution in [0.25, 0.3) is 11.0 Å². The molecular weight excluding hydrogens is 280 g/mol. The van der Waals surface area contributed by atoms with Crippen LogP contribution in [0.2, 0.25) is 0 Å². The Morgan fingerprint density at radius 3 is 2.82 bits per heavy atom. The van der Waals surface area contributed by atoms with Gasteiger partial charge in [-0.3, -0.25) is 0 Å². The van der Waals surface area contributed by atoms with Gasteiger partial charge in [-0.05, 0) is 18.9 Å². The van der Waals surface area contributed by atoms with Crippen molar-refractivity contribution in [3.8, 4) is 0 Å². The molecule has 0 N–H and O–H groups in total. The average Bonchev–Trinajstić information content (AvgIpc) is 2.73. The number of anilines is 1. The standard InChI is InChI=1S/C12H15BrN4/c1-16-8-15-11-10(16)2-5-14-12(11)17-6-3-9(13)4-7-17/h2,5,8-9H,3-4,6-7H2,1H3. The van der Waals surface area contributed by atoms with Crippen LogP contribution in [0.4, 0.5) is 5.82 Å². The van der Waals surface area contributed by atoms with Crippen LogP contribution in [0.15, 0.2) is 18.6 Å². The van der Waals surface area contributed by atoms with Crippen molar-refractivity contribution in [2.24, 2.45) is 7.05 Å². The predicted molar refractivity (Wildman–Crippen MR) is 72.7 cm³/mol. The molecule has 0 unspecified atom stereocenters. The Hall–Kier alpha value is -1.10. The first-order valence-corrected chi connectivity index (χ1v) is 6.82. The smallest absolute Gasteiger partial charge is 0.156 e. The highest BCUT2D eigenvalue weighted by Crippen LogP contribution is 2.26. The molecule has 1 fully saturated rings. The molecule has 0 amide bonds. The van der Waals surface area contributed by atoms with Gasteiger partial charge in [0.25, 0.3) is 0 Å². The maximum Gasteiger partial charge on any atom is 0.156 e. The van der Waals surface area contributed by atoms with Crippen LogP contribution in [0.1, 0.15) is 12.8 Å². The van der Waals surface area contributed by atoms with Crippen molar-refractivity contribution in [1.82, 2.24) is 14.5 Å². The summed E-state index contributed by atoms with van der Waals surface area (Å²) in [4.78, 5) is 12.0. The lowest BCUT2D eigenvalue weighted by Gasteiger charge is -2.30. The fraction of sp³-hybridized carbons (Fsp3) is 0.500. The van der Waals surface area contributed by atoms with Crippen molar-refractivity contribution in [1.29, 1.82) is 0 Å². The van der Waals surface area contributed by atoms with Crippen LogP contribution in [0.5, 0.6) is 0 Å². The summed E-state index contributed by atoms with van der Waals surface area (Å²) in [5, 5.41) is 0. The van der Waals surface area contributed by atoms with E-state index in [2.05, 4.69) is 30.8 Å². The van der Waals surface area contributed by atoms with Crippen molar-refractivity contribution in [2.75, 3.05) is 18.0 Å². The number of nitrogens with zero attached hydrogens (tertiary/aromatic N) is 4. The first-order chi connectivity index (χ1) is 8.25. The van der Waals surface area contributed by atoms with Crippen molar-refractivity contribution in [2.45, 2.75) is 17.7 Å². The Morgan fingerprint density at radius 2 is 2.06 bits per heavy atom. The summed E-state index contributed by atoms with van der Waals surface area (Å²) in [6, 6.07) is 2.02. The third kappa shape index (κ3) is 1.92. The van der Waals surface area contributed by atoms with Gasteiger partial charge in [0, 0.05) is 31.2 Å². The number of fused-ring (bicyclic) bond motifs is 1. The topological polar surface area (TPSA) is 34.0 Å². The lowest BCUT2D eigenvalue weighted by Crippen LogP contribution is -2.34. The van der Waals surface area contributed by atoms with Gasteiger partial charge >= 0.3 is 0 Å². The maximum atomic E-state index is 4.50. The number of imidazole rings is 1. The van der Waals surface area contributed by atoms with Gasteiger partial charge in [0.05, 0.1) is 11.8 Å². The largest absolute Gasteiger partial charge is 0.355 e. The molecule has 0 aliphatic carbocycles. The number of hydrogen-bond donors (Lipinski definition) is 0. The number of pyridine rings is 1. The van der Waals surface area contributed by atoms with E-state index in [1.54, 1.807) is 0 Å². The normalized spacial score (nSPS) is 17.9. The second kappa shape index (κ2) is 4.29. The molecule has 90 valence electrons. The first kappa shape index (κ1) is 11.0. The second-order valence-electron chi connectivity index (χ2n) is 4.52. The lowest BCUT2D eigenvalue weighted by atomic mass is 10.1. The van der Waals surface area contributed by atoms with Gasteiger partial charge < -0.3 is 9.47 Å². The van der Waals surface area contributed by atoms with Gasteiger partial charge in [0.2, 0.25) is 0 Å². The highest BCUT2D eigenvalue weighted by molar-refractivity contribution is 9.09. The quantitative estimate of drug-likeness (QED) is 0.757. The minimum Gasteiger partial charge on any atom is -0.355 e. The molecule has 0 radical (unpaired) electrons. The lowest BCUT2D eigenvalue weighted by molar-refractivity contribution is 0.594. The van der Waals surface area contributed by atoms with Gasteiger partial charge in [0.15, 0.2) is 5.82 Å². The van der Waals surface area contributed by atoms with E-state index >= 15 is 0 Å². The fourth-order valence-corrected chi connectivity index (χ4v) is 2.75. The summed E-state index contributed by atoms with van der Waals surface area (Å²) in [7, 11) is 2.02. The molecule has 0 aromatic carbocycles. The SMILES string of the molecule is Cn1cnc2c(N3CCC(Br)CC3)nccc21. The summed E-state index contributed by atoms with van der Waals surface area (Å²) in [6.45, 7) is 2.11. The molecule has 2 aromatic rings. The van der Waals surface area contributed by atoms with Crippen molar-refractivity contribution < 1.29 is 0 Å². The van der Waals surface area contributed by atoms with Crippen molar-refractivity contribution in [3.05, 3.63) is 18.6 Å². The minimum absolute atomic E-state index is 0.654. The Bertz CT molecular complexity index is 528. The number of rotatable bonds is 1. The molecule has 3 rings (SSSR count). The molecule has 1 saturated heterocycles. The summed E-state index contributed by atoms with van der Waals surface area (Å²) < 4.78 is 2.04. The molecule has 1 aliphatic rings. The molecule has 0 spiro atoms. The number of halogens is 1. The third-order valence-corrected chi connectivity index (χ3v) is 4.26. The van der Waals surface area contributed by atoms with Crippen molar-refractivity contribution >= 4 is 32.8 Å². The molecule has 0 bridgehead atoms. The molecule has 17 heavy (non-hydrogen) atoms. The molecule has 0 atom stereocenters. The monoisotopic (exact) mass is 294 g/mol. The Morgan fingerprint density at radius 1 is 1.29 bits per heavy atom. The zero-order chi connectivity index (χ0) is 11.8. The van der Waals surface area contributed by atoms with Gasteiger partial charge in [-0.25, -0.2) is 9.97 Å². The summed E-state index contributed by atoms with van der Waals surface area (Å²) >= 11 is 3.68. The van der Waals surface area contributed by atoms with E-state index in [9.17, 15) is 0 Å². The van der Waals surface area contributed by atoms with Gasteiger partial charge in [-0.1, -0.05) is 15.9 Å². The summed E-state index contributed by atoms with van der Waals surface area (Å²) in [6.07, 6.45) is 6.07. The minimum atomic E-state index is 0.654. The molecule has 0 saturated carbocycles.